The van der Waals surface area contributed by atoms with Gasteiger partial charge in [-0.3, -0.25) is 14.9 Å². The monoisotopic (exact) mass is 241 g/mol. The molecule has 1 aromatic rings. The van der Waals surface area contributed by atoms with Crippen molar-refractivity contribution in [3.8, 4) is 0 Å². The van der Waals surface area contributed by atoms with Gasteiger partial charge in [-0.15, -0.1) is 0 Å². The van der Waals surface area contributed by atoms with Gasteiger partial charge in [-0.1, -0.05) is 0 Å². The van der Waals surface area contributed by atoms with Crippen molar-refractivity contribution in [1.82, 2.24) is 15.3 Å². The lowest BCUT2D eigenvalue weighted by Gasteiger charge is -1.93. The molecule has 1 aliphatic rings. The van der Waals surface area contributed by atoms with Crippen LogP contribution in [0.4, 0.5) is 4.79 Å². The van der Waals surface area contributed by atoms with E-state index in [0.717, 1.165) is 11.8 Å². The number of nitrogens with one attached hydrogen (secondary N) is 1. The maximum atomic E-state index is 11.2. The summed E-state index contributed by atoms with van der Waals surface area (Å²) < 4.78 is 0. The summed E-state index contributed by atoms with van der Waals surface area (Å²) in [5, 5.41) is 1.86. The van der Waals surface area contributed by atoms with E-state index in [1.807, 2.05) is 0 Å². The minimum atomic E-state index is -0.417. The molecule has 5 nitrogen and oxygen atoms in total. The first kappa shape index (κ1) is 10.1. The van der Waals surface area contributed by atoms with E-state index < -0.39 is 5.91 Å². The van der Waals surface area contributed by atoms with Crippen molar-refractivity contribution in [3.63, 3.8) is 0 Å². The van der Waals surface area contributed by atoms with Crippen LogP contribution in [-0.2, 0) is 4.79 Å². The highest BCUT2D eigenvalue weighted by Crippen LogP contribution is 2.24. The molecule has 1 aromatic heterocycles. The Bertz CT molecular complexity index is 475. The number of hydrogen-bond acceptors (Lipinski definition) is 5. The molecule has 0 bridgehead atoms. The van der Waals surface area contributed by atoms with Crippen LogP contribution in [0.25, 0.3) is 6.08 Å². The van der Waals surface area contributed by atoms with Crippen molar-refractivity contribution >= 4 is 40.6 Å². The van der Waals surface area contributed by atoms with E-state index >= 15 is 0 Å². The van der Waals surface area contributed by atoms with Gasteiger partial charge in [-0.25, -0.2) is 9.97 Å². The number of imide groups is 1. The van der Waals surface area contributed by atoms with Gasteiger partial charge in [0.05, 0.1) is 10.6 Å². The lowest BCUT2D eigenvalue weighted by molar-refractivity contribution is -0.115. The molecule has 2 rings (SSSR count). The summed E-state index contributed by atoms with van der Waals surface area (Å²) in [4.78, 5) is 29.9. The standard InChI is InChI=1S/C8H4ClN3O2S/c9-7-10-2-1-4(11-7)3-5-6(13)12-8(14)15-5/h1-3H,(H,12,13,14). The third-order valence-electron chi connectivity index (χ3n) is 1.57. The van der Waals surface area contributed by atoms with Crippen molar-refractivity contribution < 1.29 is 9.59 Å². The van der Waals surface area contributed by atoms with Crippen molar-refractivity contribution in [2.75, 3.05) is 0 Å². The van der Waals surface area contributed by atoms with Gasteiger partial charge in [0.2, 0.25) is 5.28 Å². The molecule has 0 aliphatic carbocycles. The van der Waals surface area contributed by atoms with E-state index in [0.29, 0.717) is 10.6 Å². The van der Waals surface area contributed by atoms with Crippen LogP contribution >= 0.6 is 23.4 Å². The van der Waals surface area contributed by atoms with E-state index in [4.69, 9.17) is 11.6 Å². The largest absolute Gasteiger partial charge is 0.290 e. The van der Waals surface area contributed by atoms with Gasteiger partial charge < -0.3 is 0 Å². The summed E-state index contributed by atoms with van der Waals surface area (Å²) in [6, 6.07) is 1.59. The molecule has 1 aliphatic heterocycles. The van der Waals surface area contributed by atoms with Gasteiger partial charge in [0.1, 0.15) is 0 Å². The number of amides is 2. The predicted octanol–water partition coefficient (Wildman–Crippen LogP) is 1.45. The van der Waals surface area contributed by atoms with Crippen LogP contribution in [0.3, 0.4) is 0 Å². The van der Waals surface area contributed by atoms with Gasteiger partial charge in [0.25, 0.3) is 11.1 Å². The number of rotatable bonds is 1. The highest BCUT2D eigenvalue weighted by molar-refractivity contribution is 8.18. The Labute approximate surface area is 93.9 Å². The average molecular weight is 242 g/mol. The van der Waals surface area contributed by atoms with Crippen LogP contribution < -0.4 is 5.32 Å². The highest BCUT2D eigenvalue weighted by atomic mass is 35.5. The van der Waals surface area contributed by atoms with Gasteiger partial charge in [-0.05, 0) is 35.5 Å². The SMILES string of the molecule is O=C1NC(=O)C(=Cc2ccnc(Cl)n2)S1. The molecule has 1 fully saturated rings. The fourth-order valence-corrected chi connectivity index (χ4v) is 1.80. The van der Waals surface area contributed by atoms with E-state index in [1.165, 1.54) is 12.3 Å². The Morgan fingerprint density at radius 1 is 1.47 bits per heavy atom. The van der Waals surface area contributed by atoms with Crippen LogP contribution in [0, 0.1) is 0 Å². The lowest BCUT2D eigenvalue weighted by atomic mass is 10.3. The Balaban J connectivity index is 2.31. The number of thioether (sulfide) groups is 1. The van der Waals surface area contributed by atoms with E-state index in [-0.39, 0.29) is 10.5 Å². The smallest absolute Gasteiger partial charge is 0.282 e. The summed E-state index contributed by atoms with van der Waals surface area (Å²) in [6.45, 7) is 0. The van der Waals surface area contributed by atoms with Crippen LogP contribution in [0.15, 0.2) is 17.2 Å². The molecular weight excluding hydrogens is 238 g/mol. The molecule has 2 heterocycles. The topological polar surface area (TPSA) is 72.0 Å². The number of aromatic nitrogens is 2. The zero-order valence-electron chi connectivity index (χ0n) is 7.23. The van der Waals surface area contributed by atoms with Gasteiger partial charge in [0.15, 0.2) is 0 Å². The van der Waals surface area contributed by atoms with Crippen molar-refractivity contribution in [3.05, 3.63) is 28.1 Å². The van der Waals surface area contributed by atoms with Gasteiger partial charge >= 0.3 is 0 Å². The van der Waals surface area contributed by atoms with E-state index in [2.05, 4.69) is 15.3 Å². The molecule has 1 saturated heterocycles. The quantitative estimate of drug-likeness (QED) is 0.595. The maximum Gasteiger partial charge on any atom is 0.290 e. The van der Waals surface area contributed by atoms with Gasteiger partial charge in [-0.2, -0.15) is 0 Å². The Kier molecular flexibility index (Phi) is 2.70. The minimum Gasteiger partial charge on any atom is -0.282 e. The fraction of sp³-hybridized carbons (Fsp3) is 0. The first-order chi connectivity index (χ1) is 7.15. The first-order valence-corrected chi connectivity index (χ1v) is 5.08. The number of hydrogen-bond donors (Lipinski definition) is 1. The van der Waals surface area contributed by atoms with Crippen LogP contribution in [0.1, 0.15) is 5.69 Å². The fourth-order valence-electron chi connectivity index (χ4n) is 0.984. The van der Waals surface area contributed by atoms with Crippen LogP contribution in [0.2, 0.25) is 5.28 Å². The summed E-state index contributed by atoms with van der Waals surface area (Å²) in [5.74, 6) is -0.417. The molecule has 76 valence electrons. The second kappa shape index (κ2) is 4.00. The second-order valence-corrected chi connectivity index (χ2v) is 3.96. The molecule has 0 aromatic carbocycles. The van der Waals surface area contributed by atoms with E-state index in [1.54, 1.807) is 6.07 Å². The molecule has 0 unspecified atom stereocenters. The van der Waals surface area contributed by atoms with Crippen molar-refractivity contribution in [2.24, 2.45) is 0 Å². The number of carbonyl (C=O) groups is 2. The summed E-state index contributed by atoms with van der Waals surface area (Å²) in [6.07, 6.45) is 2.96. The third kappa shape index (κ3) is 2.34. The zero-order valence-corrected chi connectivity index (χ0v) is 8.80. The number of halogens is 1. The Hall–Kier alpha value is -1.40. The Morgan fingerprint density at radius 3 is 2.87 bits per heavy atom. The molecule has 7 heteroatoms. The molecule has 2 amide bonds. The van der Waals surface area contributed by atoms with Crippen LogP contribution in [-0.4, -0.2) is 21.1 Å². The summed E-state index contributed by atoms with van der Waals surface area (Å²) in [7, 11) is 0. The van der Waals surface area contributed by atoms with E-state index in [9.17, 15) is 9.59 Å². The molecule has 0 saturated carbocycles. The first-order valence-electron chi connectivity index (χ1n) is 3.88. The molecule has 0 radical (unpaired) electrons. The summed E-state index contributed by atoms with van der Waals surface area (Å²) in [5.41, 5.74) is 0.488. The summed E-state index contributed by atoms with van der Waals surface area (Å²) >= 11 is 6.40. The second-order valence-electron chi connectivity index (χ2n) is 2.60. The molecular formula is C8H4ClN3O2S. The number of nitrogens with zero attached hydrogens (tertiary/aromatic N) is 2. The Morgan fingerprint density at radius 2 is 2.27 bits per heavy atom. The maximum absolute atomic E-state index is 11.2. The predicted molar refractivity (Wildman–Crippen MR) is 56.1 cm³/mol. The minimum absolute atomic E-state index is 0.0964. The average Bonchev–Trinajstić information content (AvgIpc) is 2.45. The van der Waals surface area contributed by atoms with Crippen LogP contribution in [0.5, 0.6) is 0 Å². The molecule has 0 spiro atoms. The number of carbonyl (C=O) groups excluding carboxylic acids is 2. The van der Waals surface area contributed by atoms with Crippen molar-refractivity contribution in [2.45, 2.75) is 0 Å². The molecule has 1 N–H and O–H groups in total. The molecule has 15 heavy (non-hydrogen) atoms. The van der Waals surface area contributed by atoms with Crippen molar-refractivity contribution in [1.29, 1.82) is 0 Å². The normalized spacial score (nSPS) is 18.3. The molecule has 0 atom stereocenters. The third-order valence-corrected chi connectivity index (χ3v) is 2.56. The highest BCUT2D eigenvalue weighted by Gasteiger charge is 2.25. The lowest BCUT2D eigenvalue weighted by Crippen LogP contribution is -2.17. The zero-order chi connectivity index (χ0) is 10.8. The van der Waals surface area contributed by atoms with Gasteiger partial charge in [0, 0.05) is 6.20 Å².